The zero-order chi connectivity index (χ0) is 43.1. The number of amides is 4. The van der Waals surface area contributed by atoms with Gasteiger partial charge in [0, 0.05) is 53.7 Å². The molecule has 3 aliphatic heterocycles. The number of benzene rings is 3. The topological polar surface area (TPSA) is 184 Å². The van der Waals surface area contributed by atoms with Gasteiger partial charge in [-0.25, -0.2) is 19.6 Å². The van der Waals surface area contributed by atoms with Gasteiger partial charge in [0.2, 0.25) is 5.91 Å². The van der Waals surface area contributed by atoms with Crippen molar-refractivity contribution in [3.8, 4) is 34.0 Å². The summed E-state index contributed by atoms with van der Waals surface area (Å²) in [5.41, 5.74) is 5.76. The number of carbonyl (C=O) groups excluding carboxylic acids is 4. The second-order valence-electron chi connectivity index (χ2n) is 16.9. The first-order valence-electron chi connectivity index (χ1n) is 21.2. The summed E-state index contributed by atoms with van der Waals surface area (Å²) in [4.78, 5) is 71.4. The largest absolute Gasteiger partial charge is 0.456 e. The van der Waals surface area contributed by atoms with E-state index in [1.165, 1.54) is 14.2 Å². The van der Waals surface area contributed by atoms with E-state index in [1.54, 1.807) is 4.90 Å². The van der Waals surface area contributed by atoms with Crippen LogP contribution in [0.25, 0.3) is 33.3 Å². The molecular formula is C46H54N8O7. The number of aromatic nitrogens is 4. The monoisotopic (exact) mass is 830 g/mol. The van der Waals surface area contributed by atoms with Crippen LogP contribution < -0.4 is 15.4 Å². The number of hydrogen-bond acceptors (Lipinski definition) is 9. The lowest BCUT2D eigenvalue weighted by atomic mass is 9.86. The quantitative estimate of drug-likeness (QED) is 0.108. The number of H-pyrrole nitrogens is 2. The smallest absolute Gasteiger partial charge is 0.407 e. The summed E-state index contributed by atoms with van der Waals surface area (Å²) in [5.74, 6) is 2.42. The molecule has 0 saturated carbocycles. The van der Waals surface area contributed by atoms with E-state index < -0.39 is 24.3 Å². The number of fused-ring (bicyclic) bond motifs is 4. The second-order valence-corrected chi connectivity index (χ2v) is 16.9. The summed E-state index contributed by atoms with van der Waals surface area (Å²) in [5, 5.41) is 7.18. The molecule has 2 aromatic heterocycles. The number of aromatic amines is 2. The van der Waals surface area contributed by atoms with Gasteiger partial charge in [0.25, 0.3) is 5.91 Å². The average Bonchev–Trinajstić information content (AvgIpc) is 4.11. The summed E-state index contributed by atoms with van der Waals surface area (Å²) in [6, 6.07) is 15.5. The van der Waals surface area contributed by atoms with Crippen LogP contribution in [-0.2, 0) is 19.1 Å². The molecule has 5 heterocycles. The molecule has 0 radical (unpaired) electrons. The van der Waals surface area contributed by atoms with Crippen LogP contribution in [0.2, 0.25) is 0 Å². The van der Waals surface area contributed by atoms with Crippen molar-refractivity contribution in [2.45, 2.75) is 90.4 Å². The van der Waals surface area contributed by atoms with Crippen LogP contribution in [0, 0.1) is 11.8 Å². The minimum atomic E-state index is -0.889. The molecule has 0 spiro atoms. The third-order valence-corrected chi connectivity index (χ3v) is 12.4. The second kappa shape index (κ2) is 16.9. The van der Waals surface area contributed by atoms with Crippen molar-refractivity contribution in [1.29, 1.82) is 0 Å². The maximum absolute atomic E-state index is 13.7. The Balaban J connectivity index is 0.987. The fourth-order valence-corrected chi connectivity index (χ4v) is 8.99. The van der Waals surface area contributed by atoms with E-state index in [0.29, 0.717) is 24.7 Å². The van der Waals surface area contributed by atoms with Crippen molar-refractivity contribution >= 4 is 34.8 Å². The normalized spacial score (nSPS) is 19.3. The van der Waals surface area contributed by atoms with Crippen molar-refractivity contribution in [2.24, 2.45) is 11.8 Å². The minimum Gasteiger partial charge on any atom is -0.456 e. The number of carbonyl (C=O) groups is 4. The molecular weight excluding hydrogens is 777 g/mol. The summed E-state index contributed by atoms with van der Waals surface area (Å²) < 4.78 is 16.9. The van der Waals surface area contributed by atoms with Gasteiger partial charge in [0.1, 0.15) is 29.2 Å². The van der Waals surface area contributed by atoms with Gasteiger partial charge < -0.3 is 44.6 Å². The first-order valence-corrected chi connectivity index (χ1v) is 21.2. The molecule has 2 saturated heterocycles. The van der Waals surface area contributed by atoms with Gasteiger partial charge >= 0.3 is 12.2 Å². The van der Waals surface area contributed by atoms with Crippen LogP contribution in [0.5, 0.6) is 11.5 Å². The number of hydrogen-bond donors (Lipinski definition) is 4. The first-order chi connectivity index (χ1) is 29.4. The maximum Gasteiger partial charge on any atom is 0.407 e. The highest BCUT2D eigenvalue weighted by Gasteiger charge is 2.40. The van der Waals surface area contributed by atoms with E-state index in [-0.39, 0.29) is 41.7 Å². The lowest BCUT2D eigenvalue weighted by Gasteiger charge is -2.30. The Kier molecular flexibility index (Phi) is 11.5. The third kappa shape index (κ3) is 7.88. The van der Waals surface area contributed by atoms with Crippen molar-refractivity contribution in [3.63, 3.8) is 0 Å². The summed E-state index contributed by atoms with van der Waals surface area (Å²) in [6.07, 6.45) is 4.67. The number of alkyl carbamates (subject to hydrolysis) is 2. The van der Waals surface area contributed by atoms with E-state index in [4.69, 9.17) is 24.2 Å². The Hall–Kier alpha value is -6.38. The molecule has 8 rings (SSSR count). The molecule has 15 heteroatoms. The van der Waals surface area contributed by atoms with Gasteiger partial charge in [-0.1, -0.05) is 52.8 Å². The van der Waals surface area contributed by atoms with Crippen LogP contribution in [0.4, 0.5) is 9.59 Å². The number of ether oxygens (including phenoxy) is 3. The average molecular weight is 831 g/mol. The SMILES string of the molecule is CNC(=O)O[C@H](C(=O)N1CCC[C@H]1c1ncc(-c2ccc3c(c2)C(C)c2ccc4cc(-c5cnc(C6CCCN6C(=O)C(NC(=O)OC)C(C)C)[nH]5)ccc4c2O3)[nH]1)C(C)C. The van der Waals surface area contributed by atoms with Crippen LogP contribution in [0.3, 0.4) is 0 Å². The molecule has 61 heavy (non-hydrogen) atoms. The number of nitrogens with one attached hydrogen (secondary N) is 4. The third-order valence-electron chi connectivity index (χ3n) is 12.4. The van der Waals surface area contributed by atoms with Crippen molar-refractivity contribution in [2.75, 3.05) is 27.2 Å². The Morgan fingerprint density at radius 2 is 1.41 bits per heavy atom. The molecule has 15 nitrogen and oxygen atoms in total. The number of rotatable bonds is 10. The zero-order valence-electron chi connectivity index (χ0n) is 35.7. The van der Waals surface area contributed by atoms with Crippen molar-refractivity contribution < 1.29 is 33.4 Å². The number of imidazole rings is 2. The molecule has 0 bridgehead atoms. The Labute approximate surface area is 354 Å². The highest BCUT2D eigenvalue weighted by Crippen LogP contribution is 2.48. The van der Waals surface area contributed by atoms with Gasteiger partial charge in [0.05, 0.1) is 43.0 Å². The van der Waals surface area contributed by atoms with Gasteiger partial charge in [-0.2, -0.15) is 0 Å². The van der Waals surface area contributed by atoms with Crippen LogP contribution in [0.15, 0.2) is 60.9 Å². The molecule has 5 atom stereocenters. The zero-order valence-corrected chi connectivity index (χ0v) is 35.7. The molecule has 3 aliphatic rings. The molecule has 0 aliphatic carbocycles. The first kappa shape index (κ1) is 41.4. The standard InChI is InChI=1S/C46H54N8O7/c1-24(2)38(52-46(58)59-7)43(55)53-18-8-10-35(53)41-48-22-33(50-41)28-13-16-31-27(20-28)12-15-30-26(5)32-21-29(14-17-37(32)60-40(30)31)34-23-49-42(51-34)36-11-9-19-54(36)44(56)39(25(3)4)61-45(57)47-6/h12-17,20-26,35-36,38-39H,8-11,18-19H2,1-7H3,(H,47,57)(H,48,50)(H,49,51)(H,52,58)/t26?,35?,36-,38?,39-/m0/s1. The van der Waals surface area contributed by atoms with Gasteiger partial charge in [0.15, 0.2) is 6.10 Å². The molecule has 2 fully saturated rings. The maximum atomic E-state index is 13.7. The lowest BCUT2D eigenvalue weighted by molar-refractivity contribution is -0.143. The molecule has 5 aromatic rings. The predicted molar refractivity (Wildman–Crippen MR) is 229 cm³/mol. The van der Waals surface area contributed by atoms with Gasteiger partial charge in [-0.05, 0) is 73.2 Å². The summed E-state index contributed by atoms with van der Waals surface area (Å²) >= 11 is 0. The van der Waals surface area contributed by atoms with Gasteiger partial charge in [-0.3, -0.25) is 9.59 Å². The summed E-state index contributed by atoms with van der Waals surface area (Å²) in [6.45, 7) is 10.9. The van der Waals surface area contributed by atoms with Crippen molar-refractivity contribution in [1.82, 2.24) is 40.4 Å². The highest BCUT2D eigenvalue weighted by molar-refractivity contribution is 5.94. The molecule has 3 aromatic carbocycles. The summed E-state index contributed by atoms with van der Waals surface area (Å²) in [7, 11) is 2.77. The van der Waals surface area contributed by atoms with E-state index >= 15 is 0 Å². The number of nitrogens with zero attached hydrogens (tertiary/aromatic N) is 4. The molecule has 4 N–H and O–H groups in total. The van der Waals surface area contributed by atoms with E-state index in [9.17, 15) is 19.2 Å². The Morgan fingerprint density at radius 1 is 0.787 bits per heavy atom. The van der Waals surface area contributed by atoms with Crippen LogP contribution in [0.1, 0.15) is 101 Å². The van der Waals surface area contributed by atoms with E-state index in [0.717, 1.165) is 81.6 Å². The number of likely N-dealkylation sites (tertiary alicyclic amines) is 2. The molecule has 3 unspecified atom stereocenters. The van der Waals surface area contributed by atoms with Crippen molar-refractivity contribution in [3.05, 3.63) is 83.7 Å². The van der Waals surface area contributed by atoms with E-state index in [2.05, 4.69) is 63.9 Å². The fourth-order valence-electron chi connectivity index (χ4n) is 8.99. The minimum absolute atomic E-state index is 0.0479. The fraction of sp³-hybridized carbons (Fsp3) is 0.435. The Bertz CT molecular complexity index is 2470. The lowest BCUT2D eigenvalue weighted by Crippen LogP contribution is -2.51. The van der Waals surface area contributed by atoms with E-state index in [1.807, 2.05) is 57.1 Å². The molecule has 4 amide bonds. The predicted octanol–water partition coefficient (Wildman–Crippen LogP) is 7.97. The molecule has 320 valence electrons. The number of methoxy groups -OCH3 is 1. The van der Waals surface area contributed by atoms with Crippen LogP contribution in [-0.4, -0.2) is 93.1 Å². The highest BCUT2D eigenvalue weighted by atomic mass is 16.6. The van der Waals surface area contributed by atoms with Gasteiger partial charge in [-0.15, -0.1) is 0 Å². The Morgan fingerprint density at radius 3 is 2.02 bits per heavy atom. The van der Waals surface area contributed by atoms with Crippen LogP contribution >= 0.6 is 0 Å².